The first-order valence-corrected chi connectivity index (χ1v) is 9.10. The van der Waals surface area contributed by atoms with E-state index in [0.717, 1.165) is 30.4 Å². The van der Waals surface area contributed by atoms with Crippen molar-refractivity contribution in [3.8, 4) is 11.3 Å². The molecule has 4 nitrogen and oxygen atoms in total. The van der Waals surface area contributed by atoms with Crippen LogP contribution >= 0.6 is 27.7 Å². The maximum Gasteiger partial charge on any atom is 0.433 e. The normalized spacial score (nSPS) is 12.1. The fourth-order valence-corrected chi connectivity index (χ4v) is 3.96. The Labute approximate surface area is 153 Å². The lowest BCUT2D eigenvalue weighted by Gasteiger charge is -2.10. The molecule has 0 N–H and O–H groups in total. The molecule has 0 bridgehead atoms. The molecule has 0 amide bonds. The number of alkyl halides is 3. The van der Waals surface area contributed by atoms with Gasteiger partial charge in [-0.2, -0.15) is 17.7 Å². The minimum Gasteiger partial charge on any atom is -0.275 e. The number of hydrogen-bond donors (Lipinski definition) is 0. The highest BCUT2D eigenvalue weighted by Crippen LogP contribution is 2.34. The molecule has 2 heterocycles. The molecule has 2 aromatic heterocycles. The SMILES string of the molecule is CCSc1cc(Br)ccc1-c1cc(=O)n2c(cc(C(F)(F)F)n2C)n1. The zero-order valence-corrected chi connectivity index (χ0v) is 15.7. The van der Waals surface area contributed by atoms with Crippen molar-refractivity contribution in [2.75, 3.05) is 5.75 Å². The van der Waals surface area contributed by atoms with Crippen LogP contribution in [0.15, 0.2) is 44.5 Å². The van der Waals surface area contributed by atoms with Crippen molar-refractivity contribution in [2.24, 2.45) is 7.05 Å². The van der Waals surface area contributed by atoms with Crippen LogP contribution in [-0.2, 0) is 13.2 Å². The van der Waals surface area contributed by atoms with Crippen molar-refractivity contribution in [3.63, 3.8) is 0 Å². The Morgan fingerprint density at radius 3 is 2.60 bits per heavy atom. The third kappa shape index (κ3) is 3.35. The van der Waals surface area contributed by atoms with E-state index < -0.39 is 17.4 Å². The van der Waals surface area contributed by atoms with Crippen molar-refractivity contribution >= 4 is 33.3 Å². The summed E-state index contributed by atoms with van der Waals surface area (Å²) in [5.74, 6) is 0.814. The van der Waals surface area contributed by atoms with E-state index in [2.05, 4.69) is 20.9 Å². The summed E-state index contributed by atoms with van der Waals surface area (Å²) in [6.07, 6.45) is -4.56. The van der Waals surface area contributed by atoms with E-state index >= 15 is 0 Å². The molecule has 25 heavy (non-hydrogen) atoms. The number of aromatic nitrogens is 3. The fraction of sp³-hybridized carbons (Fsp3) is 0.250. The maximum atomic E-state index is 13.1. The van der Waals surface area contributed by atoms with Crippen molar-refractivity contribution in [2.45, 2.75) is 18.0 Å². The number of rotatable bonds is 3. The molecule has 0 saturated heterocycles. The number of nitrogens with zero attached hydrogens (tertiary/aromatic N) is 3. The molecule has 0 radical (unpaired) electrons. The zero-order valence-electron chi connectivity index (χ0n) is 13.3. The van der Waals surface area contributed by atoms with Gasteiger partial charge in [0.1, 0.15) is 5.69 Å². The van der Waals surface area contributed by atoms with Crippen LogP contribution in [0.25, 0.3) is 16.9 Å². The van der Waals surface area contributed by atoms with Gasteiger partial charge in [-0.25, -0.2) is 4.98 Å². The predicted octanol–water partition coefficient (Wildman–Crippen LogP) is 4.59. The first-order valence-electron chi connectivity index (χ1n) is 7.32. The monoisotopic (exact) mass is 431 g/mol. The summed E-state index contributed by atoms with van der Waals surface area (Å²) >= 11 is 4.97. The highest BCUT2D eigenvalue weighted by atomic mass is 79.9. The minimum atomic E-state index is -4.56. The number of benzene rings is 1. The van der Waals surface area contributed by atoms with E-state index in [1.807, 2.05) is 19.1 Å². The average molecular weight is 432 g/mol. The van der Waals surface area contributed by atoms with Crippen LogP contribution in [0.5, 0.6) is 0 Å². The molecule has 0 aliphatic heterocycles. The molecular weight excluding hydrogens is 419 g/mol. The third-order valence-electron chi connectivity index (χ3n) is 3.65. The van der Waals surface area contributed by atoms with E-state index in [1.165, 1.54) is 13.1 Å². The Hall–Kier alpha value is -1.74. The average Bonchev–Trinajstić information content (AvgIpc) is 2.85. The van der Waals surface area contributed by atoms with Crippen molar-refractivity contribution < 1.29 is 13.2 Å². The Bertz CT molecular complexity index is 1010. The largest absolute Gasteiger partial charge is 0.433 e. The fourth-order valence-electron chi connectivity index (χ4n) is 2.60. The summed E-state index contributed by atoms with van der Waals surface area (Å²) in [5, 5.41) is 0. The molecule has 1 aromatic carbocycles. The molecular formula is C16H13BrF3N3OS. The Morgan fingerprint density at radius 2 is 1.96 bits per heavy atom. The molecule has 0 spiro atoms. The maximum absolute atomic E-state index is 13.1. The summed E-state index contributed by atoms with van der Waals surface area (Å²) < 4.78 is 41.8. The van der Waals surface area contributed by atoms with Gasteiger partial charge in [-0.1, -0.05) is 28.9 Å². The van der Waals surface area contributed by atoms with Crippen LogP contribution in [0.1, 0.15) is 12.6 Å². The number of hydrogen-bond acceptors (Lipinski definition) is 3. The van der Waals surface area contributed by atoms with E-state index in [1.54, 1.807) is 17.8 Å². The van der Waals surface area contributed by atoms with Gasteiger partial charge in [0.05, 0.1) is 5.69 Å². The number of fused-ring (bicyclic) bond motifs is 1. The Morgan fingerprint density at radius 1 is 1.24 bits per heavy atom. The summed E-state index contributed by atoms with van der Waals surface area (Å²) in [6.45, 7) is 1.99. The molecule has 0 atom stereocenters. The molecule has 132 valence electrons. The predicted molar refractivity (Wildman–Crippen MR) is 95.0 cm³/mol. The lowest BCUT2D eigenvalue weighted by atomic mass is 10.1. The van der Waals surface area contributed by atoms with Gasteiger partial charge in [-0.3, -0.25) is 9.48 Å². The van der Waals surface area contributed by atoms with E-state index in [9.17, 15) is 18.0 Å². The standard InChI is InChI=1S/C16H13BrF3N3OS/c1-3-25-12-6-9(17)4-5-10(12)11-7-15(24)23-14(21-11)8-13(22(23)2)16(18,19)20/h4-8H,3H2,1-2H3. The second-order valence-electron chi connectivity index (χ2n) is 5.27. The topological polar surface area (TPSA) is 39.3 Å². The van der Waals surface area contributed by atoms with E-state index in [0.29, 0.717) is 11.3 Å². The molecule has 3 aromatic rings. The Kier molecular flexibility index (Phi) is 4.72. The van der Waals surface area contributed by atoms with Gasteiger partial charge in [0.25, 0.3) is 5.56 Å². The number of aryl methyl sites for hydroxylation is 1. The highest BCUT2D eigenvalue weighted by molar-refractivity contribution is 9.10. The van der Waals surface area contributed by atoms with Crippen LogP contribution < -0.4 is 5.56 Å². The molecule has 0 unspecified atom stereocenters. The number of thioether (sulfide) groups is 1. The Balaban J connectivity index is 2.25. The zero-order chi connectivity index (χ0) is 18.4. The summed E-state index contributed by atoms with van der Waals surface area (Å²) in [7, 11) is 1.19. The van der Waals surface area contributed by atoms with Crippen LogP contribution in [0, 0.1) is 0 Å². The van der Waals surface area contributed by atoms with Gasteiger partial charge in [0.2, 0.25) is 0 Å². The molecule has 0 aliphatic rings. The number of halogens is 4. The lowest BCUT2D eigenvalue weighted by molar-refractivity contribution is -0.143. The van der Waals surface area contributed by atoms with Crippen LogP contribution in [0.4, 0.5) is 13.2 Å². The first-order chi connectivity index (χ1) is 11.7. The van der Waals surface area contributed by atoms with Crippen molar-refractivity contribution in [1.29, 1.82) is 0 Å². The van der Waals surface area contributed by atoms with Gasteiger partial charge < -0.3 is 0 Å². The highest BCUT2D eigenvalue weighted by Gasteiger charge is 2.35. The van der Waals surface area contributed by atoms with Crippen LogP contribution in [0.3, 0.4) is 0 Å². The van der Waals surface area contributed by atoms with Crippen molar-refractivity contribution in [1.82, 2.24) is 14.2 Å². The van der Waals surface area contributed by atoms with Gasteiger partial charge in [0, 0.05) is 34.1 Å². The van der Waals surface area contributed by atoms with Crippen LogP contribution in [0.2, 0.25) is 0 Å². The van der Waals surface area contributed by atoms with Gasteiger partial charge in [-0.05, 0) is 17.9 Å². The van der Waals surface area contributed by atoms with Gasteiger partial charge in [-0.15, -0.1) is 11.8 Å². The molecule has 0 fully saturated rings. The quantitative estimate of drug-likeness (QED) is 0.569. The summed E-state index contributed by atoms with van der Waals surface area (Å²) in [5.41, 5.74) is -0.450. The summed E-state index contributed by atoms with van der Waals surface area (Å²) in [4.78, 5) is 17.6. The molecule has 3 rings (SSSR count). The second-order valence-corrected chi connectivity index (χ2v) is 7.50. The third-order valence-corrected chi connectivity index (χ3v) is 5.08. The summed E-state index contributed by atoms with van der Waals surface area (Å²) in [6, 6.07) is 7.66. The minimum absolute atomic E-state index is 0.0345. The second kappa shape index (κ2) is 6.53. The lowest BCUT2D eigenvalue weighted by Crippen LogP contribution is -2.22. The smallest absolute Gasteiger partial charge is 0.275 e. The first kappa shape index (κ1) is 18.1. The van der Waals surface area contributed by atoms with E-state index in [-0.39, 0.29) is 5.65 Å². The molecule has 0 saturated carbocycles. The molecule has 9 heteroatoms. The van der Waals surface area contributed by atoms with Gasteiger partial charge >= 0.3 is 6.18 Å². The molecule has 0 aliphatic carbocycles. The van der Waals surface area contributed by atoms with E-state index in [4.69, 9.17) is 0 Å². The van der Waals surface area contributed by atoms with Gasteiger partial charge in [0.15, 0.2) is 5.65 Å². The van der Waals surface area contributed by atoms with Crippen molar-refractivity contribution in [3.05, 3.63) is 50.9 Å². The van der Waals surface area contributed by atoms with Crippen LogP contribution in [-0.4, -0.2) is 19.9 Å².